The van der Waals surface area contributed by atoms with Crippen LogP contribution >= 0.6 is 0 Å². The third kappa shape index (κ3) is 4.63. The zero-order chi connectivity index (χ0) is 28.4. The third-order valence-corrected chi connectivity index (χ3v) is 9.64. The maximum atomic E-state index is 14.4. The number of hydrogen-bond acceptors (Lipinski definition) is 6. The van der Waals surface area contributed by atoms with Gasteiger partial charge >= 0.3 is 0 Å². The summed E-state index contributed by atoms with van der Waals surface area (Å²) in [5.74, 6) is -3.43. The molecule has 2 aliphatic heterocycles. The van der Waals surface area contributed by atoms with Gasteiger partial charge in [-0.1, -0.05) is 13.8 Å². The maximum Gasteiger partial charge on any atom is 0.274 e. The minimum atomic E-state index is -2.63. The number of alkyl halides is 2. The molecule has 40 heavy (non-hydrogen) atoms. The van der Waals surface area contributed by atoms with Crippen molar-refractivity contribution < 1.29 is 27.5 Å². The fourth-order valence-electron chi connectivity index (χ4n) is 6.88. The van der Waals surface area contributed by atoms with Crippen molar-refractivity contribution in [3.63, 3.8) is 0 Å². The van der Waals surface area contributed by atoms with Gasteiger partial charge in [-0.15, -0.1) is 0 Å². The molecular weight excluding hydrogens is 525 g/mol. The molecule has 2 amide bonds. The van der Waals surface area contributed by atoms with E-state index in [1.807, 2.05) is 23.6 Å². The van der Waals surface area contributed by atoms with Crippen LogP contribution in [0.1, 0.15) is 62.9 Å². The Hall–Kier alpha value is -3.15. The molecule has 2 N–H and O–H groups in total. The minimum absolute atomic E-state index is 0.0224. The van der Waals surface area contributed by atoms with Crippen molar-refractivity contribution >= 4 is 11.8 Å². The molecule has 2 saturated heterocycles. The molecule has 9 nitrogen and oxygen atoms in total. The van der Waals surface area contributed by atoms with Crippen molar-refractivity contribution in [1.29, 1.82) is 0 Å². The first-order valence-electron chi connectivity index (χ1n) is 13.9. The number of rotatable bonds is 6. The molecule has 6 rings (SSSR count). The molecule has 4 heterocycles. The number of piperidine rings is 1. The lowest BCUT2D eigenvalue weighted by Gasteiger charge is -2.56. The Morgan fingerprint density at radius 1 is 1.18 bits per heavy atom. The first-order valence-corrected chi connectivity index (χ1v) is 13.9. The van der Waals surface area contributed by atoms with Crippen molar-refractivity contribution in [2.75, 3.05) is 26.7 Å². The number of nitrogens with one attached hydrogen (secondary N) is 2. The van der Waals surface area contributed by atoms with Crippen LogP contribution in [0.3, 0.4) is 0 Å². The van der Waals surface area contributed by atoms with Crippen LogP contribution in [0.25, 0.3) is 11.3 Å². The van der Waals surface area contributed by atoms with E-state index in [1.54, 1.807) is 0 Å². The number of methoxy groups -OCH3 is 1. The van der Waals surface area contributed by atoms with E-state index in [9.17, 15) is 22.8 Å². The van der Waals surface area contributed by atoms with Crippen molar-refractivity contribution in [3.05, 3.63) is 29.8 Å². The summed E-state index contributed by atoms with van der Waals surface area (Å²) in [6.45, 7) is 4.69. The molecule has 12 heteroatoms. The van der Waals surface area contributed by atoms with Gasteiger partial charge in [0, 0.05) is 60.1 Å². The molecule has 3 atom stereocenters. The fraction of sp³-hybridized carbons (Fsp3) is 0.643. The van der Waals surface area contributed by atoms with Crippen LogP contribution in [0.5, 0.6) is 5.88 Å². The summed E-state index contributed by atoms with van der Waals surface area (Å²) in [4.78, 5) is 34.3. The maximum absolute atomic E-state index is 14.4. The number of aromatic nitrogens is 3. The predicted molar refractivity (Wildman–Crippen MR) is 139 cm³/mol. The largest absolute Gasteiger partial charge is 0.481 e. The van der Waals surface area contributed by atoms with Gasteiger partial charge in [-0.3, -0.25) is 19.6 Å². The molecule has 4 aliphatic rings. The first kappa shape index (κ1) is 27.0. The van der Waals surface area contributed by atoms with Gasteiger partial charge in [0.25, 0.3) is 11.8 Å². The summed E-state index contributed by atoms with van der Waals surface area (Å²) in [5.41, 5.74) is 0.0729. The number of carbonyl (C=O) groups is 2. The van der Waals surface area contributed by atoms with Crippen LogP contribution in [0.2, 0.25) is 0 Å². The number of aromatic amines is 1. The Bertz CT molecular complexity index is 1330. The van der Waals surface area contributed by atoms with Crippen LogP contribution in [0.4, 0.5) is 13.2 Å². The fourth-order valence-corrected chi connectivity index (χ4v) is 6.88. The Labute approximate surface area is 230 Å². The van der Waals surface area contributed by atoms with Gasteiger partial charge in [0.15, 0.2) is 11.5 Å². The highest BCUT2D eigenvalue weighted by molar-refractivity contribution is 5.94. The molecule has 0 bridgehead atoms. The van der Waals surface area contributed by atoms with Crippen molar-refractivity contribution in [1.82, 2.24) is 30.3 Å². The second-order valence-electron chi connectivity index (χ2n) is 12.5. The van der Waals surface area contributed by atoms with E-state index in [-0.39, 0.29) is 70.9 Å². The molecule has 2 saturated carbocycles. The highest BCUT2D eigenvalue weighted by Gasteiger charge is 2.57. The van der Waals surface area contributed by atoms with E-state index in [4.69, 9.17) is 4.74 Å². The number of H-pyrrole nitrogens is 1. The SMILES string of the molecule is COc1cc(-c2cc(C(=O)N3CC[C@H](C(=O)N[C@H]4C[C@H](N5CCC(F)(F)C5)C4(C)C)CC34CC4)n[nH]2)c(F)cn1. The van der Waals surface area contributed by atoms with Crippen molar-refractivity contribution in [2.45, 2.75) is 75.9 Å². The Balaban J connectivity index is 1.08. The van der Waals surface area contributed by atoms with Gasteiger partial charge in [-0.2, -0.15) is 5.10 Å². The predicted octanol–water partition coefficient (Wildman–Crippen LogP) is 3.63. The average Bonchev–Trinajstić information content (AvgIpc) is 3.33. The van der Waals surface area contributed by atoms with E-state index >= 15 is 0 Å². The molecule has 0 radical (unpaired) electrons. The topological polar surface area (TPSA) is 103 Å². The van der Waals surface area contributed by atoms with E-state index in [0.717, 1.165) is 19.0 Å². The van der Waals surface area contributed by atoms with Gasteiger partial charge in [0.2, 0.25) is 11.8 Å². The van der Waals surface area contributed by atoms with Crippen LogP contribution in [0, 0.1) is 17.2 Å². The standard InChI is InChI=1S/C28H35F3N6O3/c1-26(2)21(12-22(26)36-9-7-28(30,31)15-36)33-24(38)16-4-8-37(27(13-16)5-6-27)25(39)20-11-19(34-35-20)17-10-23(40-3)32-14-18(17)29/h10-11,14,16,21-22H,4-9,12-13,15H2,1-3H3,(H,33,38)(H,34,35)/t16-,21-,22-/m0/s1. The number of carbonyl (C=O) groups excluding carboxylic acids is 2. The van der Waals surface area contributed by atoms with Crippen LogP contribution in [0.15, 0.2) is 18.3 Å². The summed E-state index contributed by atoms with van der Waals surface area (Å²) in [7, 11) is 1.44. The van der Waals surface area contributed by atoms with Crippen LogP contribution < -0.4 is 10.1 Å². The molecule has 1 spiro atoms. The summed E-state index contributed by atoms with van der Waals surface area (Å²) >= 11 is 0. The molecule has 0 aromatic carbocycles. The monoisotopic (exact) mass is 560 g/mol. The number of nitrogens with zero attached hydrogens (tertiary/aromatic N) is 4. The normalized spacial score (nSPS) is 28.2. The van der Waals surface area contributed by atoms with Crippen LogP contribution in [-0.2, 0) is 4.79 Å². The van der Waals surface area contributed by atoms with E-state index < -0.39 is 11.7 Å². The number of amides is 2. The lowest BCUT2D eigenvalue weighted by atomic mass is 9.62. The van der Waals surface area contributed by atoms with Gasteiger partial charge in [-0.25, -0.2) is 18.2 Å². The average molecular weight is 561 g/mol. The highest BCUT2D eigenvalue weighted by Crippen LogP contribution is 2.51. The van der Waals surface area contributed by atoms with Gasteiger partial charge in [0.1, 0.15) is 0 Å². The van der Waals surface area contributed by atoms with Gasteiger partial charge in [0.05, 0.1) is 25.5 Å². The number of halogens is 3. The number of hydrogen-bond donors (Lipinski definition) is 2. The van der Waals surface area contributed by atoms with Crippen molar-refractivity contribution in [3.8, 4) is 17.1 Å². The lowest BCUT2D eigenvalue weighted by Crippen LogP contribution is -2.67. The summed E-state index contributed by atoms with van der Waals surface area (Å²) in [5, 5.41) is 10.1. The first-order chi connectivity index (χ1) is 18.9. The van der Waals surface area contributed by atoms with E-state index in [1.165, 1.54) is 19.2 Å². The lowest BCUT2D eigenvalue weighted by molar-refractivity contribution is -0.133. The van der Waals surface area contributed by atoms with Gasteiger partial charge < -0.3 is 15.0 Å². The molecule has 2 aliphatic carbocycles. The molecule has 0 unspecified atom stereocenters. The summed E-state index contributed by atoms with van der Waals surface area (Å²) in [6, 6.07) is 2.93. The summed E-state index contributed by atoms with van der Waals surface area (Å²) < 4.78 is 47.0. The second-order valence-corrected chi connectivity index (χ2v) is 12.5. The van der Waals surface area contributed by atoms with E-state index in [2.05, 4.69) is 20.5 Å². The second kappa shape index (κ2) is 9.46. The molecule has 2 aromatic rings. The highest BCUT2D eigenvalue weighted by atomic mass is 19.3. The number of pyridine rings is 1. The van der Waals surface area contributed by atoms with Gasteiger partial charge in [-0.05, 0) is 38.2 Å². The van der Waals surface area contributed by atoms with Crippen LogP contribution in [-0.4, -0.2) is 87.1 Å². The molecule has 2 aromatic heterocycles. The Morgan fingerprint density at radius 2 is 1.95 bits per heavy atom. The molecular formula is C28H35F3N6O3. The minimum Gasteiger partial charge on any atom is -0.481 e. The van der Waals surface area contributed by atoms with E-state index in [0.29, 0.717) is 38.0 Å². The zero-order valence-electron chi connectivity index (χ0n) is 23.0. The Kier molecular flexibility index (Phi) is 6.39. The smallest absolute Gasteiger partial charge is 0.274 e. The Morgan fingerprint density at radius 3 is 2.60 bits per heavy atom. The summed E-state index contributed by atoms with van der Waals surface area (Å²) in [6.07, 6.45) is 4.36. The molecule has 216 valence electrons. The third-order valence-electron chi connectivity index (χ3n) is 9.64. The quantitative estimate of drug-likeness (QED) is 0.560. The number of likely N-dealkylation sites (tertiary alicyclic amines) is 2. The number of ether oxygens (including phenoxy) is 1. The van der Waals surface area contributed by atoms with Crippen molar-refractivity contribution in [2.24, 2.45) is 11.3 Å². The zero-order valence-corrected chi connectivity index (χ0v) is 23.0. The molecule has 4 fully saturated rings.